The van der Waals surface area contributed by atoms with Gasteiger partial charge in [0.15, 0.2) is 11.6 Å². The van der Waals surface area contributed by atoms with Crippen molar-refractivity contribution >= 4 is 51.3 Å². The fraction of sp³-hybridized carbons (Fsp3) is 0.190. The lowest BCUT2D eigenvalue weighted by Gasteiger charge is -2.13. The number of aryl methyl sites for hydroxylation is 1. The number of thiophene rings is 2. The van der Waals surface area contributed by atoms with Crippen LogP contribution in [0.5, 0.6) is 0 Å². The summed E-state index contributed by atoms with van der Waals surface area (Å²) in [5.41, 5.74) is 1.83. The molecule has 0 spiro atoms. The number of Topliss-reactive ketones (excluding diaryl/α,β-unsaturated/α-hetero) is 1. The maximum Gasteiger partial charge on any atom is 0.263 e. The molecule has 0 amide bonds. The summed E-state index contributed by atoms with van der Waals surface area (Å²) in [5, 5.41) is 0.609. The van der Waals surface area contributed by atoms with Crippen molar-refractivity contribution in [1.82, 2.24) is 9.55 Å². The summed E-state index contributed by atoms with van der Waals surface area (Å²) in [6, 6.07) is 13.6. The number of nitrogens with zero attached hydrogens (tertiary/aromatic N) is 2. The van der Waals surface area contributed by atoms with E-state index >= 15 is 0 Å². The average molecular weight is 402 g/mol. The quantitative estimate of drug-likeness (QED) is 0.493. The first-order valence-electron chi connectivity index (χ1n) is 9.11. The lowest BCUT2D eigenvalue weighted by Crippen LogP contribution is -2.24. The molecule has 136 valence electrons. The minimum Gasteiger partial charge on any atom is -0.293 e. The monoisotopic (exact) mass is 402 g/mol. The number of benzene rings is 1. The van der Waals surface area contributed by atoms with Crippen molar-refractivity contribution in [2.75, 3.05) is 0 Å². The number of aromatic nitrogens is 2. The summed E-state index contributed by atoms with van der Waals surface area (Å²) in [4.78, 5) is 33.0. The Morgan fingerprint density at radius 2 is 1.86 bits per heavy atom. The fourth-order valence-corrected chi connectivity index (χ4v) is 5.67. The summed E-state index contributed by atoms with van der Waals surface area (Å²) < 4.78 is 2.39. The number of carbonyl (C=O) groups excluding carboxylic acids is 1. The normalized spacial score (nSPS) is 13.8. The van der Waals surface area contributed by atoms with E-state index < -0.39 is 0 Å². The van der Waals surface area contributed by atoms with Gasteiger partial charge in [-0.1, -0.05) is 36.4 Å². The van der Waals surface area contributed by atoms with Crippen LogP contribution in [-0.4, -0.2) is 23.2 Å². The van der Waals surface area contributed by atoms with E-state index in [1.54, 1.807) is 4.57 Å². The van der Waals surface area contributed by atoms with E-state index in [2.05, 4.69) is 0 Å². The molecule has 5 rings (SSSR count). The van der Waals surface area contributed by atoms with Crippen molar-refractivity contribution in [2.24, 2.45) is 0 Å². The van der Waals surface area contributed by atoms with E-state index in [1.807, 2.05) is 42.5 Å². The van der Waals surface area contributed by atoms with Crippen LogP contribution in [0.2, 0.25) is 0 Å². The number of rotatable bonds is 3. The Kier molecular flexibility index (Phi) is 4.29. The smallest absolute Gasteiger partial charge is 0.263 e. The summed E-state index contributed by atoms with van der Waals surface area (Å²) in [6.07, 6.45) is 2.10. The fourth-order valence-electron chi connectivity index (χ4n) is 3.72. The Hall–Kier alpha value is -2.51. The molecule has 0 fully saturated rings. The molecule has 0 aliphatic heterocycles. The predicted molar refractivity (Wildman–Crippen MR) is 115 cm³/mol. The van der Waals surface area contributed by atoms with Gasteiger partial charge in [0.1, 0.15) is 12.7 Å². The molecule has 4 aromatic rings. The summed E-state index contributed by atoms with van der Waals surface area (Å²) >= 11 is 2.76. The zero-order valence-corrected chi connectivity index (χ0v) is 16.6. The van der Waals surface area contributed by atoms with Gasteiger partial charge >= 0.3 is 0 Å². The molecule has 4 nitrogen and oxygen atoms in total. The molecule has 0 saturated carbocycles. The van der Waals surface area contributed by atoms with Gasteiger partial charge in [-0.05, 0) is 34.8 Å². The van der Waals surface area contributed by atoms with Gasteiger partial charge < -0.3 is 0 Å². The van der Waals surface area contributed by atoms with Gasteiger partial charge in [0.2, 0.25) is 0 Å². The third kappa shape index (κ3) is 2.86. The SMILES string of the molecule is [B]c1ccc(-c2nc3sc4c(c3c(=O)n2Cc2ccccc2)CCCC4=O)s1. The number of hydrogen-bond acceptors (Lipinski definition) is 5. The van der Waals surface area contributed by atoms with E-state index in [0.717, 1.165) is 28.8 Å². The highest BCUT2D eigenvalue weighted by Gasteiger charge is 2.27. The Morgan fingerprint density at radius 3 is 2.61 bits per heavy atom. The van der Waals surface area contributed by atoms with Gasteiger partial charge in [0.05, 0.1) is 21.7 Å². The molecule has 28 heavy (non-hydrogen) atoms. The maximum atomic E-state index is 13.6. The molecule has 7 heteroatoms. The lowest BCUT2D eigenvalue weighted by molar-refractivity contribution is 0.0977. The second-order valence-corrected chi connectivity index (χ2v) is 9.00. The Morgan fingerprint density at radius 1 is 1.04 bits per heavy atom. The molecule has 0 saturated heterocycles. The van der Waals surface area contributed by atoms with Gasteiger partial charge in [-0.25, -0.2) is 4.98 Å². The zero-order chi connectivity index (χ0) is 19.3. The molecule has 1 aliphatic carbocycles. The molecule has 1 aromatic carbocycles. The van der Waals surface area contributed by atoms with Crippen molar-refractivity contribution < 1.29 is 4.79 Å². The zero-order valence-electron chi connectivity index (χ0n) is 15.0. The number of carbonyl (C=O) groups is 1. The van der Waals surface area contributed by atoms with Gasteiger partial charge in [0.25, 0.3) is 5.56 Å². The average Bonchev–Trinajstić information content (AvgIpc) is 3.29. The molecule has 2 radical (unpaired) electrons. The predicted octanol–water partition coefficient (Wildman–Crippen LogP) is 3.55. The van der Waals surface area contributed by atoms with Crippen LogP contribution in [0.25, 0.3) is 20.9 Å². The third-order valence-electron chi connectivity index (χ3n) is 5.03. The minimum atomic E-state index is -0.0805. The van der Waals surface area contributed by atoms with Crippen LogP contribution in [0.15, 0.2) is 47.3 Å². The number of fused-ring (bicyclic) bond motifs is 3. The van der Waals surface area contributed by atoms with Crippen LogP contribution in [-0.2, 0) is 13.0 Å². The molecule has 3 heterocycles. The van der Waals surface area contributed by atoms with E-state index in [-0.39, 0.29) is 11.3 Å². The first-order chi connectivity index (χ1) is 13.6. The second-order valence-electron chi connectivity index (χ2n) is 6.88. The summed E-state index contributed by atoms with van der Waals surface area (Å²) in [6.45, 7) is 0.425. The second kappa shape index (κ2) is 6.83. The van der Waals surface area contributed by atoms with Crippen molar-refractivity contribution in [3.63, 3.8) is 0 Å². The van der Waals surface area contributed by atoms with Crippen molar-refractivity contribution in [2.45, 2.75) is 25.8 Å². The third-order valence-corrected chi connectivity index (χ3v) is 7.10. The van der Waals surface area contributed by atoms with E-state index in [9.17, 15) is 9.59 Å². The molecule has 0 bridgehead atoms. The Balaban J connectivity index is 1.80. The van der Waals surface area contributed by atoms with Gasteiger partial charge in [0, 0.05) is 6.42 Å². The van der Waals surface area contributed by atoms with E-state index in [4.69, 9.17) is 12.8 Å². The molecular formula is C21H15BN2O2S2. The molecule has 0 N–H and O–H groups in total. The minimum absolute atomic E-state index is 0.0805. The summed E-state index contributed by atoms with van der Waals surface area (Å²) in [7, 11) is 5.93. The van der Waals surface area contributed by atoms with Gasteiger partial charge in [-0.15, -0.1) is 22.7 Å². The van der Waals surface area contributed by atoms with E-state index in [1.165, 1.54) is 22.7 Å². The number of ketones is 1. The first-order valence-corrected chi connectivity index (χ1v) is 10.7. The molecule has 0 atom stereocenters. The molecule has 3 aromatic heterocycles. The topological polar surface area (TPSA) is 52.0 Å². The maximum absolute atomic E-state index is 13.6. The standard InChI is InChI=1S/C21H15BN2O2S2/c22-16-10-9-15(27-16)19-23-20-17(13-7-4-8-14(25)18(13)28-20)21(26)24(19)11-12-5-2-1-3-6-12/h1-3,5-6,9-10H,4,7-8,11H2. The lowest BCUT2D eigenvalue weighted by atomic mass is 9.96. The van der Waals surface area contributed by atoms with Crippen molar-refractivity contribution in [3.05, 3.63) is 68.8 Å². The van der Waals surface area contributed by atoms with Crippen molar-refractivity contribution in [3.8, 4) is 10.7 Å². The Labute approximate surface area is 170 Å². The van der Waals surface area contributed by atoms with Crippen LogP contribution in [0.4, 0.5) is 0 Å². The van der Waals surface area contributed by atoms with Gasteiger partial charge in [-0.2, -0.15) is 0 Å². The van der Waals surface area contributed by atoms with Crippen LogP contribution < -0.4 is 10.3 Å². The molecule has 1 aliphatic rings. The van der Waals surface area contributed by atoms with Crippen LogP contribution in [0.3, 0.4) is 0 Å². The highest BCUT2D eigenvalue weighted by molar-refractivity contribution is 7.23. The largest absolute Gasteiger partial charge is 0.293 e. The highest BCUT2D eigenvalue weighted by Crippen LogP contribution is 2.35. The van der Waals surface area contributed by atoms with Crippen LogP contribution in [0, 0.1) is 0 Å². The molecular weight excluding hydrogens is 387 g/mol. The molecule has 0 unspecified atom stereocenters. The van der Waals surface area contributed by atoms with Crippen molar-refractivity contribution in [1.29, 1.82) is 0 Å². The summed E-state index contributed by atoms with van der Waals surface area (Å²) in [5.74, 6) is 0.731. The number of hydrogen-bond donors (Lipinski definition) is 0. The first kappa shape index (κ1) is 17.6. The van der Waals surface area contributed by atoms with E-state index in [0.29, 0.717) is 38.7 Å². The van der Waals surface area contributed by atoms with Gasteiger partial charge in [-0.3, -0.25) is 14.2 Å². The van der Waals surface area contributed by atoms with Crippen LogP contribution in [0.1, 0.15) is 33.6 Å². The van der Waals surface area contributed by atoms with Crippen LogP contribution >= 0.6 is 22.7 Å². The highest BCUT2D eigenvalue weighted by atomic mass is 32.1. The Bertz CT molecular complexity index is 1270.